The average molecular weight is 212 g/mol. The van der Waals surface area contributed by atoms with E-state index < -0.39 is 0 Å². The van der Waals surface area contributed by atoms with Gasteiger partial charge >= 0.3 is 0 Å². The molecule has 1 aliphatic carbocycles. The fourth-order valence-electron chi connectivity index (χ4n) is 2.98. The Morgan fingerprint density at radius 3 is 2.27 bits per heavy atom. The van der Waals surface area contributed by atoms with Gasteiger partial charge in [0, 0.05) is 11.6 Å². The predicted octanol–water partition coefficient (Wildman–Crippen LogP) is 2.64. The largest absolute Gasteiger partial charge is 0.312 e. The van der Waals surface area contributed by atoms with Crippen molar-refractivity contribution in [2.75, 3.05) is 20.6 Å². The van der Waals surface area contributed by atoms with Gasteiger partial charge in [0.05, 0.1) is 0 Å². The van der Waals surface area contributed by atoms with Crippen LogP contribution in [0, 0.1) is 0 Å². The highest BCUT2D eigenvalue weighted by Crippen LogP contribution is 2.34. The Labute approximate surface area is 95.4 Å². The summed E-state index contributed by atoms with van der Waals surface area (Å²) in [5.41, 5.74) is 0.410. The molecule has 1 unspecified atom stereocenters. The van der Waals surface area contributed by atoms with Crippen molar-refractivity contribution in [2.24, 2.45) is 0 Å². The molecule has 0 aromatic heterocycles. The third-order valence-electron chi connectivity index (χ3n) is 4.12. The van der Waals surface area contributed by atoms with E-state index in [4.69, 9.17) is 0 Å². The Hall–Kier alpha value is -0.0800. The molecule has 2 nitrogen and oxygen atoms in total. The van der Waals surface area contributed by atoms with Crippen molar-refractivity contribution in [3.05, 3.63) is 0 Å². The third kappa shape index (κ3) is 2.94. The van der Waals surface area contributed by atoms with Crippen molar-refractivity contribution in [2.45, 2.75) is 64.0 Å². The maximum Gasteiger partial charge on any atom is 0.0353 e. The topological polar surface area (TPSA) is 15.3 Å². The van der Waals surface area contributed by atoms with Gasteiger partial charge in [0.25, 0.3) is 0 Å². The lowest BCUT2D eigenvalue weighted by Crippen LogP contribution is -2.58. The number of rotatable bonds is 5. The van der Waals surface area contributed by atoms with Crippen LogP contribution in [-0.2, 0) is 0 Å². The highest BCUT2D eigenvalue weighted by Gasteiger charge is 2.38. The van der Waals surface area contributed by atoms with Gasteiger partial charge in [-0.2, -0.15) is 0 Å². The van der Waals surface area contributed by atoms with Crippen molar-refractivity contribution in [3.8, 4) is 0 Å². The zero-order valence-electron chi connectivity index (χ0n) is 11.0. The van der Waals surface area contributed by atoms with Crippen LogP contribution in [0.3, 0.4) is 0 Å². The molecule has 0 saturated heterocycles. The van der Waals surface area contributed by atoms with Gasteiger partial charge in [-0.15, -0.1) is 0 Å². The molecule has 0 spiro atoms. The van der Waals surface area contributed by atoms with E-state index in [9.17, 15) is 0 Å². The number of nitrogens with zero attached hydrogens (tertiary/aromatic N) is 1. The molecular formula is C13H28N2. The molecule has 90 valence electrons. The van der Waals surface area contributed by atoms with Crippen LogP contribution in [0.2, 0.25) is 0 Å². The molecule has 0 heterocycles. The summed E-state index contributed by atoms with van der Waals surface area (Å²) < 4.78 is 0. The Morgan fingerprint density at radius 1 is 1.20 bits per heavy atom. The quantitative estimate of drug-likeness (QED) is 0.753. The Morgan fingerprint density at radius 2 is 1.80 bits per heavy atom. The van der Waals surface area contributed by atoms with Gasteiger partial charge < -0.3 is 10.2 Å². The van der Waals surface area contributed by atoms with Gasteiger partial charge in [-0.25, -0.2) is 0 Å². The monoisotopic (exact) mass is 212 g/mol. The maximum atomic E-state index is 3.68. The molecular weight excluding hydrogens is 184 g/mol. The lowest BCUT2D eigenvalue weighted by atomic mass is 9.76. The van der Waals surface area contributed by atoms with E-state index in [0.29, 0.717) is 11.6 Å². The Kier molecular flexibility index (Phi) is 5.07. The van der Waals surface area contributed by atoms with Crippen molar-refractivity contribution < 1.29 is 0 Å². The normalized spacial score (nSPS) is 23.0. The summed E-state index contributed by atoms with van der Waals surface area (Å²) in [5.74, 6) is 0. The lowest BCUT2D eigenvalue weighted by molar-refractivity contribution is 0.0637. The van der Waals surface area contributed by atoms with Crippen LogP contribution >= 0.6 is 0 Å². The summed E-state index contributed by atoms with van der Waals surface area (Å²) in [7, 11) is 4.49. The lowest BCUT2D eigenvalue weighted by Gasteiger charge is -2.47. The molecule has 2 heteroatoms. The van der Waals surface area contributed by atoms with E-state index in [0.717, 1.165) is 6.54 Å². The van der Waals surface area contributed by atoms with Crippen LogP contribution in [0.1, 0.15) is 52.4 Å². The molecule has 0 bridgehead atoms. The summed E-state index contributed by atoms with van der Waals surface area (Å²) >= 11 is 0. The molecule has 0 aromatic carbocycles. The molecule has 1 aliphatic rings. The highest BCUT2D eigenvalue weighted by atomic mass is 15.2. The molecule has 0 aromatic rings. The van der Waals surface area contributed by atoms with Crippen LogP contribution in [0.5, 0.6) is 0 Å². The van der Waals surface area contributed by atoms with Crippen LogP contribution in [0.25, 0.3) is 0 Å². The summed E-state index contributed by atoms with van der Waals surface area (Å²) in [6.07, 6.45) is 8.17. The minimum absolute atomic E-state index is 0.410. The van der Waals surface area contributed by atoms with Gasteiger partial charge in [-0.3, -0.25) is 0 Å². The summed E-state index contributed by atoms with van der Waals surface area (Å²) in [5, 5.41) is 3.68. The van der Waals surface area contributed by atoms with Crippen LogP contribution in [-0.4, -0.2) is 37.1 Å². The number of nitrogens with one attached hydrogen (secondary N) is 1. The fraction of sp³-hybridized carbons (Fsp3) is 1.00. The first-order valence-electron chi connectivity index (χ1n) is 6.54. The number of hydrogen-bond acceptors (Lipinski definition) is 2. The van der Waals surface area contributed by atoms with Crippen LogP contribution in [0.15, 0.2) is 0 Å². The average Bonchev–Trinajstić information content (AvgIpc) is 2.26. The van der Waals surface area contributed by atoms with Gasteiger partial charge in [0.15, 0.2) is 0 Å². The van der Waals surface area contributed by atoms with E-state index in [-0.39, 0.29) is 0 Å². The van der Waals surface area contributed by atoms with Crippen molar-refractivity contribution in [3.63, 3.8) is 0 Å². The Bertz CT molecular complexity index is 171. The standard InChI is InChI=1S/C13H28N2/c1-5-11-14-12(2)13(15(3)4)9-7-6-8-10-13/h12,14H,5-11H2,1-4H3. The maximum absolute atomic E-state index is 3.68. The third-order valence-corrected chi connectivity index (χ3v) is 4.12. The van der Waals surface area contributed by atoms with Gasteiger partial charge in [0.2, 0.25) is 0 Å². The molecule has 1 atom stereocenters. The second-order valence-electron chi connectivity index (χ2n) is 5.23. The van der Waals surface area contributed by atoms with E-state index >= 15 is 0 Å². The van der Waals surface area contributed by atoms with E-state index in [1.54, 1.807) is 0 Å². The molecule has 1 N–H and O–H groups in total. The molecule has 1 rings (SSSR count). The minimum Gasteiger partial charge on any atom is -0.312 e. The van der Waals surface area contributed by atoms with E-state index in [2.05, 4.69) is 38.2 Å². The van der Waals surface area contributed by atoms with Crippen LogP contribution < -0.4 is 5.32 Å². The van der Waals surface area contributed by atoms with Crippen molar-refractivity contribution in [1.29, 1.82) is 0 Å². The minimum atomic E-state index is 0.410. The predicted molar refractivity (Wildman–Crippen MR) is 67.3 cm³/mol. The summed E-state index contributed by atoms with van der Waals surface area (Å²) in [6.45, 7) is 5.75. The highest BCUT2D eigenvalue weighted by molar-refractivity contribution is 4.98. The molecule has 1 saturated carbocycles. The van der Waals surface area contributed by atoms with Crippen LogP contribution in [0.4, 0.5) is 0 Å². The number of likely N-dealkylation sites (N-methyl/N-ethyl adjacent to an activating group) is 1. The van der Waals surface area contributed by atoms with E-state index in [1.807, 2.05) is 0 Å². The van der Waals surface area contributed by atoms with Crippen molar-refractivity contribution >= 4 is 0 Å². The summed E-state index contributed by atoms with van der Waals surface area (Å²) in [4.78, 5) is 2.46. The SMILES string of the molecule is CCCNC(C)C1(N(C)C)CCCCC1. The molecule has 0 aliphatic heterocycles. The first-order chi connectivity index (χ1) is 7.13. The Balaban J connectivity index is 2.62. The first-order valence-corrected chi connectivity index (χ1v) is 6.54. The van der Waals surface area contributed by atoms with Gasteiger partial charge in [-0.05, 0) is 46.8 Å². The second kappa shape index (κ2) is 5.86. The first kappa shape index (κ1) is 13.0. The van der Waals surface area contributed by atoms with Gasteiger partial charge in [0.1, 0.15) is 0 Å². The smallest absolute Gasteiger partial charge is 0.0353 e. The fourth-order valence-corrected chi connectivity index (χ4v) is 2.98. The molecule has 1 fully saturated rings. The van der Waals surface area contributed by atoms with Gasteiger partial charge in [-0.1, -0.05) is 26.2 Å². The summed E-state index contributed by atoms with van der Waals surface area (Å²) in [6, 6.07) is 0.618. The second-order valence-corrected chi connectivity index (χ2v) is 5.23. The zero-order chi connectivity index (χ0) is 11.3. The van der Waals surface area contributed by atoms with E-state index in [1.165, 1.54) is 38.5 Å². The zero-order valence-corrected chi connectivity index (χ0v) is 11.0. The molecule has 15 heavy (non-hydrogen) atoms. The number of hydrogen-bond donors (Lipinski definition) is 1. The molecule has 0 radical (unpaired) electrons. The van der Waals surface area contributed by atoms with Crippen molar-refractivity contribution in [1.82, 2.24) is 10.2 Å². The molecule has 0 amide bonds.